The summed E-state index contributed by atoms with van der Waals surface area (Å²) >= 11 is 0. The lowest BCUT2D eigenvalue weighted by atomic mass is 10.1. The van der Waals surface area contributed by atoms with Crippen LogP contribution in [0.5, 0.6) is 5.75 Å². The maximum absolute atomic E-state index is 13.5. The molecule has 2 aromatic rings. The van der Waals surface area contributed by atoms with Gasteiger partial charge in [0, 0.05) is 0 Å². The number of halogens is 2. The number of carbonyl (C=O) groups is 1. The normalized spacial score (nSPS) is 11.9. The summed E-state index contributed by atoms with van der Waals surface area (Å²) in [5, 5.41) is 2.22. The number of amides is 1. The van der Waals surface area contributed by atoms with Crippen LogP contribution in [0.15, 0.2) is 36.4 Å². The van der Waals surface area contributed by atoms with Gasteiger partial charge in [0.05, 0.1) is 0 Å². The lowest BCUT2D eigenvalue weighted by molar-refractivity contribution is -0.122. The molecule has 3 nitrogen and oxygen atoms in total. The van der Waals surface area contributed by atoms with E-state index in [-0.39, 0.29) is 0 Å². The molecule has 0 heterocycles. The van der Waals surface area contributed by atoms with Crippen molar-refractivity contribution in [1.82, 2.24) is 0 Å². The molecule has 0 saturated carbocycles. The van der Waals surface area contributed by atoms with Crippen LogP contribution in [0.4, 0.5) is 14.5 Å². The van der Waals surface area contributed by atoms with E-state index in [1.54, 1.807) is 6.07 Å². The van der Waals surface area contributed by atoms with Crippen molar-refractivity contribution in [2.24, 2.45) is 0 Å². The summed E-state index contributed by atoms with van der Waals surface area (Å²) in [6.07, 6.45) is -0.889. The standard InChI is InChI=1S/C17H17F2NO2/c1-10-6-4-9-15(11(10)2)22-12(3)17(21)20-16-13(18)7-5-8-14(16)19/h4-9,12H,1-3H3,(H,20,21)/t12-/m1/s1. The van der Waals surface area contributed by atoms with Crippen molar-refractivity contribution < 1.29 is 18.3 Å². The highest BCUT2D eigenvalue weighted by molar-refractivity contribution is 5.94. The maximum Gasteiger partial charge on any atom is 0.265 e. The number of rotatable bonds is 4. The lowest BCUT2D eigenvalue weighted by Gasteiger charge is -2.17. The summed E-state index contributed by atoms with van der Waals surface area (Å²) in [5.41, 5.74) is 1.48. The van der Waals surface area contributed by atoms with Crippen LogP contribution in [-0.2, 0) is 4.79 Å². The third-order valence-corrected chi connectivity index (χ3v) is 3.44. The Bertz CT molecular complexity index is 681. The Morgan fingerprint density at radius 3 is 2.32 bits per heavy atom. The monoisotopic (exact) mass is 305 g/mol. The molecular weight excluding hydrogens is 288 g/mol. The molecule has 2 aromatic carbocycles. The number of aryl methyl sites for hydroxylation is 1. The van der Waals surface area contributed by atoms with Gasteiger partial charge in [-0.15, -0.1) is 0 Å². The Balaban J connectivity index is 2.11. The average Bonchev–Trinajstić information content (AvgIpc) is 2.47. The van der Waals surface area contributed by atoms with Gasteiger partial charge in [0.25, 0.3) is 5.91 Å². The van der Waals surface area contributed by atoms with Crippen molar-refractivity contribution in [2.45, 2.75) is 26.9 Å². The molecule has 1 N–H and O–H groups in total. The van der Waals surface area contributed by atoms with Gasteiger partial charge in [-0.2, -0.15) is 0 Å². The zero-order valence-electron chi connectivity index (χ0n) is 12.6. The van der Waals surface area contributed by atoms with E-state index in [1.165, 1.54) is 13.0 Å². The smallest absolute Gasteiger partial charge is 0.265 e. The zero-order chi connectivity index (χ0) is 16.3. The van der Waals surface area contributed by atoms with E-state index in [0.29, 0.717) is 5.75 Å². The van der Waals surface area contributed by atoms with Crippen molar-refractivity contribution >= 4 is 11.6 Å². The van der Waals surface area contributed by atoms with Crippen molar-refractivity contribution in [1.29, 1.82) is 0 Å². The summed E-state index contributed by atoms with van der Waals surface area (Å²) in [4.78, 5) is 12.0. The van der Waals surface area contributed by atoms with Crippen molar-refractivity contribution in [3.05, 3.63) is 59.2 Å². The Morgan fingerprint density at radius 1 is 1.09 bits per heavy atom. The molecule has 2 rings (SSSR count). The second-order valence-electron chi connectivity index (χ2n) is 5.04. The number of carbonyl (C=O) groups excluding carboxylic acids is 1. The maximum atomic E-state index is 13.5. The number of hydrogen-bond donors (Lipinski definition) is 1. The average molecular weight is 305 g/mol. The quantitative estimate of drug-likeness (QED) is 0.927. The van der Waals surface area contributed by atoms with E-state index in [2.05, 4.69) is 5.32 Å². The van der Waals surface area contributed by atoms with E-state index < -0.39 is 29.3 Å². The van der Waals surface area contributed by atoms with E-state index in [1.807, 2.05) is 26.0 Å². The lowest BCUT2D eigenvalue weighted by Crippen LogP contribution is -2.31. The molecule has 5 heteroatoms. The van der Waals surface area contributed by atoms with E-state index in [4.69, 9.17) is 4.74 Å². The molecule has 0 radical (unpaired) electrons. The number of para-hydroxylation sites is 1. The first-order valence-electron chi connectivity index (χ1n) is 6.88. The number of anilines is 1. The molecule has 0 aromatic heterocycles. The first-order valence-corrected chi connectivity index (χ1v) is 6.88. The molecule has 0 spiro atoms. The SMILES string of the molecule is Cc1cccc(O[C@H](C)C(=O)Nc2c(F)cccc2F)c1C. The fourth-order valence-corrected chi connectivity index (χ4v) is 1.94. The summed E-state index contributed by atoms with van der Waals surface area (Å²) in [6.45, 7) is 5.34. The molecular formula is C17H17F2NO2. The highest BCUT2D eigenvalue weighted by Crippen LogP contribution is 2.23. The molecule has 1 amide bonds. The molecule has 0 unspecified atom stereocenters. The summed E-state index contributed by atoms with van der Waals surface area (Å²) < 4.78 is 32.6. The Kier molecular flexibility index (Phi) is 4.75. The van der Waals surface area contributed by atoms with Gasteiger partial charge in [-0.3, -0.25) is 4.79 Å². The van der Waals surface area contributed by atoms with Crippen LogP contribution >= 0.6 is 0 Å². The van der Waals surface area contributed by atoms with Crippen LogP contribution < -0.4 is 10.1 Å². The van der Waals surface area contributed by atoms with Gasteiger partial charge in [-0.05, 0) is 50.1 Å². The van der Waals surface area contributed by atoms with Gasteiger partial charge in [0.15, 0.2) is 6.10 Å². The minimum absolute atomic E-state index is 0.469. The van der Waals surface area contributed by atoms with Crippen LogP contribution in [0.25, 0.3) is 0 Å². The van der Waals surface area contributed by atoms with Gasteiger partial charge in [0.2, 0.25) is 0 Å². The second-order valence-corrected chi connectivity index (χ2v) is 5.04. The largest absolute Gasteiger partial charge is 0.481 e. The number of nitrogens with one attached hydrogen (secondary N) is 1. The Morgan fingerprint density at radius 2 is 1.68 bits per heavy atom. The van der Waals surface area contributed by atoms with E-state index in [9.17, 15) is 13.6 Å². The molecule has 22 heavy (non-hydrogen) atoms. The van der Waals surface area contributed by atoms with Crippen LogP contribution in [-0.4, -0.2) is 12.0 Å². The van der Waals surface area contributed by atoms with Gasteiger partial charge < -0.3 is 10.1 Å². The first-order chi connectivity index (χ1) is 10.4. The third kappa shape index (κ3) is 3.42. The number of hydrogen-bond acceptors (Lipinski definition) is 2. The molecule has 0 aliphatic rings. The minimum atomic E-state index is -0.889. The molecule has 0 fully saturated rings. The van der Waals surface area contributed by atoms with Gasteiger partial charge in [-0.1, -0.05) is 18.2 Å². The van der Waals surface area contributed by atoms with Crippen molar-refractivity contribution in [3.63, 3.8) is 0 Å². The topological polar surface area (TPSA) is 38.3 Å². The Hall–Kier alpha value is -2.43. The van der Waals surface area contributed by atoms with E-state index >= 15 is 0 Å². The predicted octanol–water partition coefficient (Wildman–Crippen LogP) is 3.99. The predicted molar refractivity (Wildman–Crippen MR) is 81.0 cm³/mol. The molecule has 0 bridgehead atoms. The van der Waals surface area contributed by atoms with Gasteiger partial charge in [-0.25, -0.2) is 8.78 Å². The number of ether oxygens (including phenoxy) is 1. The first kappa shape index (κ1) is 15.9. The van der Waals surface area contributed by atoms with Gasteiger partial charge >= 0.3 is 0 Å². The Labute approximate surface area is 127 Å². The second kappa shape index (κ2) is 6.56. The molecule has 0 aliphatic heterocycles. The molecule has 1 atom stereocenters. The van der Waals surface area contributed by atoms with Crippen molar-refractivity contribution in [2.75, 3.05) is 5.32 Å². The van der Waals surface area contributed by atoms with E-state index in [0.717, 1.165) is 23.3 Å². The van der Waals surface area contributed by atoms with Crippen LogP contribution in [0.3, 0.4) is 0 Å². The van der Waals surface area contributed by atoms with Crippen LogP contribution in [0.2, 0.25) is 0 Å². The zero-order valence-corrected chi connectivity index (χ0v) is 12.6. The van der Waals surface area contributed by atoms with Crippen LogP contribution in [0.1, 0.15) is 18.1 Å². The molecule has 0 saturated heterocycles. The third-order valence-electron chi connectivity index (χ3n) is 3.44. The molecule has 0 aliphatic carbocycles. The highest BCUT2D eigenvalue weighted by atomic mass is 19.1. The summed E-state index contributed by atoms with van der Waals surface area (Å²) in [5.74, 6) is -1.71. The van der Waals surface area contributed by atoms with Crippen LogP contribution in [0, 0.1) is 25.5 Å². The fourth-order valence-electron chi connectivity index (χ4n) is 1.94. The van der Waals surface area contributed by atoms with Gasteiger partial charge in [0.1, 0.15) is 23.1 Å². The fraction of sp³-hybridized carbons (Fsp3) is 0.235. The minimum Gasteiger partial charge on any atom is -0.481 e. The summed E-state index contributed by atoms with van der Waals surface area (Å²) in [7, 11) is 0. The number of benzene rings is 2. The van der Waals surface area contributed by atoms with Crippen molar-refractivity contribution in [3.8, 4) is 5.75 Å². The highest BCUT2D eigenvalue weighted by Gasteiger charge is 2.19. The molecule has 116 valence electrons. The summed E-state index contributed by atoms with van der Waals surface area (Å²) in [6, 6.07) is 8.89.